The largest absolute Gasteiger partial charge is 0.421 e. The lowest BCUT2D eigenvalue weighted by atomic mass is 10.6. The van der Waals surface area contributed by atoms with E-state index in [-0.39, 0.29) is 0 Å². The van der Waals surface area contributed by atoms with E-state index in [1.807, 2.05) is 0 Å². The molecule has 6 heavy (non-hydrogen) atoms. The third kappa shape index (κ3) is 4.18. The Morgan fingerprint density at radius 3 is 2.50 bits per heavy atom. The van der Waals surface area contributed by atoms with Crippen molar-refractivity contribution in [3.63, 3.8) is 0 Å². The fourth-order valence-electron chi connectivity index (χ4n) is 0.204. The van der Waals surface area contributed by atoms with Crippen LogP contribution in [0.25, 0.3) is 0 Å². The van der Waals surface area contributed by atoms with Crippen molar-refractivity contribution in [1.29, 1.82) is 0 Å². The maximum Gasteiger partial charge on any atom is 0.229 e. The SMILES string of the molecule is CCC[Si]OC. The van der Waals surface area contributed by atoms with Gasteiger partial charge in [-0.25, -0.2) is 0 Å². The standard InChI is InChI=1S/C4H10OSi/c1-3-4-6-5-2/h3-4H2,1-2H3. The monoisotopic (exact) mass is 102 g/mol. The van der Waals surface area contributed by atoms with Gasteiger partial charge in [-0.15, -0.1) is 0 Å². The molecule has 0 aliphatic rings. The first-order chi connectivity index (χ1) is 2.91. The first kappa shape index (κ1) is 6.18. The quantitative estimate of drug-likeness (QED) is 0.383. The lowest BCUT2D eigenvalue weighted by Gasteiger charge is -1.86. The predicted molar refractivity (Wildman–Crippen MR) is 27.9 cm³/mol. The van der Waals surface area contributed by atoms with Crippen LogP contribution in [-0.2, 0) is 4.43 Å². The van der Waals surface area contributed by atoms with E-state index in [1.54, 1.807) is 7.11 Å². The molecule has 0 fully saturated rings. The highest BCUT2D eigenvalue weighted by atomic mass is 28.2. The van der Waals surface area contributed by atoms with Crippen LogP contribution in [0.3, 0.4) is 0 Å². The summed E-state index contributed by atoms with van der Waals surface area (Å²) in [5.41, 5.74) is 0. The second-order valence-electron chi connectivity index (χ2n) is 1.10. The topological polar surface area (TPSA) is 9.23 Å². The van der Waals surface area contributed by atoms with Crippen LogP contribution < -0.4 is 0 Å². The Labute approximate surface area is 41.6 Å². The third-order valence-corrected chi connectivity index (χ3v) is 1.49. The zero-order valence-electron chi connectivity index (χ0n) is 4.32. The minimum absolute atomic E-state index is 0.715. The van der Waals surface area contributed by atoms with E-state index in [9.17, 15) is 0 Å². The summed E-state index contributed by atoms with van der Waals surface area (Å²) in [7, 11) is 2.46. The minimum atomic E-state index is 0.715. The smallest absolute Gasteiger partial charge is 0.229 e. The molecule has 0 N–H and O–H groups in total. The van der Waals surface area contributed by atoms with Crippen LogP contribution in [0.5, 0.6) is 0 Å². The van der Waals surface area contributed by atoms with Crippen LogP contribution in [-0.4, -0.2) is 16.9 Å². The van der Waals surface area contributed by atoms with Crippen molar-refractivity contribution in [1.82, 2.24) is 0 Å². The molecule has 2 radical (unpaired) electrons. The summed E-state index contributed by atoms with van der Waals surface area (Å²) in [6, 6.07) is 1.22. The first-order valence-electron chi connectivity index (χ1n) is 2.17. The number of hydrogen-bond acceptors (Lipinski definition) is 1. The molecule has 0 atom stereocenters. The molecule has 0 aliphatic carbocycles. The predicted octanol–water partition coefficient (Wildman–Crippen LogP) is 1.08. The Bertz CT molecular complexity index is 19.5. The molecule has 0 aromatic heterocycles. The highest BCUT2D eigenvalue weighted by Gasteiger charge is 1.79. The molecular formula is C4H10OSi. The summed E-state index contributed by atoms with van der Waals surface area (Å²) in [6.45, 7) is 2.16. The van der Waals surface area contributed by atoms with Crippen LogP contribution in [0.15, 0.2) is 0 Å². The summed E-state index contributed by atoms with van der Waals surface area (Å²) in [4.78, 5) is 0. The lowest BCUT2D eigenvalue weighted by Crippen LogP contribution is -1.89. The molecule has 0 rings (SSSR count). The Morgan fingerprint density at radius 1 is 1.67 bits per heavy atom. The second-order valence-corrected chi connectivity index (χ2v) is 2.30. The highest BCUT2D eigenvalue weighted by molar-refractivity contribution is 6.26. The average molecular weight is 102 g/mol. The summed E-state index contributed by atoms with van der Waals surface area (Å²) in [5, 5.41) is 0. The maximum absolute atomic E-state index is 4.81. The molecule has 1 nitrogen and oxygen atoms in total. The van der Waals surface area contributed by atoms with Gasteiger partial charge in [0.05, 0.1) is 0 Å². The first-order valence-corrected chi connectivity index (χ1v) is 3.29. The van der Waals surface area contributed by atoms with Gasteiger partial charge in [0.2, 0.25) is 9.76 Å². The fraction of sp³-hybridized carbons (Fsp3) is 1.00. The van der Waals surface area contributed by atoms with E-state index >= 15 is 0 Å². The van der Waals surface area contributed by atoms with Crippen molar-refractivity contribution < 1.29 is 4.43 Å². The summed E-state index contributed by atoms with van der Waals surface area (Å²) in [6.07, 6.45) is 1.24. The van der Waals surface area contributed by atoms with Crippen molar-refractivity contribution in [3.05, 3.63) is 0 Å². The molecule has 0 amide bonds. The normalized spacial score (nSPS) is 9.00. The van der Waals surface area contributed by atoms with Gasteiger partial charge in [-0.2, -0.15) is 0 Å². The molecule has 0 bridgehead atoms. The Morgan fingerprint density at radius 2 is 2.33 bits per heavy atom. The van der Waals surface area contributed by atoms with Crippen LogP contribution >= 0.6 is 0 Å². The number of rotatable bonds is 3. The average Bonchev–Trinajstić information content (AvgIpc) is 1.61. The van der Waals surface area contributed by atoms with E-state index in [1.165, 1.54) is 12.5 Å². The van der Waals surface area contributed by atoms with Gasteiger partial charge in [-0.3, -0.25) is 0 Å². The second kappa shape index (κ2) is 5.18. The minimum Gasteiger partial charge on any atom is -0.421 e. The van der Waals surface area contributed by atoms with Crippen LogP contribution in [0.2, 0.25) is 6.04 Å². The third-order valence-electron chi connectivity index (χ3n) is 0.496. The molecule has 0 aromatic carbocycles. The summed E-state index contributed by atoms with van der Waals surface area (Å²) >= 11 is 0. The fourth-order valence-corrected chi connectivity index (χ4v) is 0.612. The molecule has 0 aliphatic heterocycles. The summed E-state index contributed by atoms with van der Waals surface area (Å²) in [5.74, 6) is 0. The Hall–Kier alpha value is 0.177. The van der Waals surface area contributed by atoms with Crippen molar-refractivity contribution in [3.8, 4) is 0 Å². The molecule has 0 spiro atoms. The van der Waals surface area contributed by atoms with Crippen LogP contribution in [0, 0.1) is 0 Å². The van der Waals surface area contributed by atoms with Crippen molar-refractivity contribution in [2.24, 2.45) is 0 Å². The van der Waals surface area contributed by atoms with Gasteiger partial charge < -0.3 is 4.43 Å². The van der Waals surface area contributed by atoms with E-state index in [4.69, 9.17) is 4.43 Å². The zero-order chi connectivity index (χ0) is 4.83. The van der Waals surface area contributed by atoms with Gasteiger partial charge in [0, 0.05) is 7.11 Å². The molecule has 0 heterocycles. The van der Waals surface area contributed by atoms with E-state index in [2.05, 4.69) is 6.92 Å². The number of hydrogen-bond donors (Lipinski definition) is 0. The molecule has 0 unspecified atom stereocenters. The van der Waals surface area contributed by atoms with Gasteiger partial charge >= 0.3 is 0 Å². The molecular weight excluding hydrogens is 92.1 g/mol. The van der Waals surface area contributed by atoms with Crippen molar-refractivity contribution in [2.75, 3.05) is 7.11 Å². The maximum atomic E-state index is 4.81. The zero-order valence-corrected chi connectivity index (χ0v) is 5.32. The van der Waals surface area contributed by atoms with Crippen LogP contribution in [0.4, 0.5) is 0 Å². The molecule has 0 aromatic rings. The lowest BCUT2D eigenvalue weighted by molar-refractivity contribution is 0.440. The van der Waals surface area contributed by atoms with Gasteiger partial charge in [-0.1, -0.05) is 13.3 Å². The molecule has 0 saturated carbocycles. The van der Waals surface area contributed by atoms with E-state index < -0.39 is 0 Å². The molecule has 2 heteroatoms. The van der Waals surface area contributed by atoms with Gasteiger partial charge in [0.1, 0.15) is 0 Å². The van der Waals surface area contributed by atoms with Crippen molar-refractivity contribution in [2.45, 2.75) is 19.4 Å². The van der Waals surface area contributed by atoms with Crippen LogP contribution in [0.1, 0.15) is 13.3 Å². The van der Waals surface area contributed by atoms with E-state index in [0.29, 0.717) is 9.76 Å². The Kier molecular flexibility index (Phi) is 5.33. The highest BCUT2D eigenvalue weighted by Crippen LogP contribution is 1.82. The molecule has 0 saturated heterocycles. The Balaban J connectivity index is 2.34. The van der Waals surface area contributed by atoms with Gasteiger partial charge in [-0.05, 0) is 6.04 Å². The van der Waals surface area contributed by atoms with E-state index in [0.717, 1.165) is 0 Å². The van der Waals surface area contributed by atoms with Gasteiger partial charge in [0.25, 0.3) is 0 Å². The van der Waals surface area contributed by atoms with Gasteiger partial charge in [0.15, 0.2) is 0 Å². The summed E-state index contributed by atoms with van der Waals surface area (Å²) < 4.78 is 4.81. The molecule has 36 valence electrons. The van der Waals surface area contributed by atoms with Crippen molar-refractivity contribution >= 4 is 9.76 Å².